The van der Waals surface area contributed by atoms with E-state index in [1.165, 1.54) is 36.3 Å². The van der Waals surface area contributed by atoms with Crippen molar-refractivity contribution in [3.8, 4) is 5.75 Å². The summed E-state index contributed by atoms with van der Waals surface area (Å²) in [7, 11) is -2.85. The van der Waals surface area contributed by atoms with Gasteiger partial charge >= 0.3 is 0 Å². The van der Waals surface area contributed by atoms with E-state index in [1.807, 2.05) is 45.0 Å². The van der Waals surface area contributed by atoms with E-state index in [0.717, 1.165) is 19.9 Å². The van der Waals surface area contributed by atoms with Gasteiger partial charge in [-0.25, -0.2) is 8.42 Å². The summed E-state index contributed by atoms with van der Waals surface area (Å²) in [4.78, 5) is 28.4. The Hall–Kier alpha value is -3.08. The van der Waals surface area contributed by atoms with Gasteiger partial charge in [-0.05, 0) is 75.7 Å². The minimum Gasteiger partial charge on any atom is -0.495 e. The number of rotatable bonds is 11. The Labute approximate surface area is 249 Å². The summed E-state index contributed by atoms with van der Waals surface area (Å²) in [6.45, 7) is 6.61. The minimum absolute atomic E-state index is 0.00186. The van der Waals surface area contributed by atoms with E-state index in [-0.39, 0.29) is 39.8 Å². The van der Waals surface area contributed by atoms with Gasteiger partial charge in [0.15, 0.2) is 0 Å². The van der Waals surface area contributed by atoms with E-state index in [2.05, 4.69) is 21.2 Å². The average molecular weight is 651 g/mol. The van der Waals surface area contributed by atoms with Crippen LogP contribution in [-0.4, -0.2) is 50.9 Å². The Morgan fingerprint density at radius 3 is 2.20 bits per heavy atom. The molecule has 0 saturated carbocycles. The lowest BCUT2D eigenvalue weighted by Crippen LogP contribution is -2.52. The normalized spacial score (nSPS) is 12.1. The number of benzene rings is 3. The van der Waals surface area contributed by atoms with E-state index in [1.54, 1.807) is 25.1 Å². The van der Waals surface area contributed by atoms with Crippen molar-refractivity contribution < 1.29 is 22.7 Å². The van der Waals surface area contributed by atoms with E-state index in [0.29, 0.717) is 0 Å². The summed E-state index contributed by atoms with van der Waals surface area (Å²) in [6.07, 6.45) is 0. The van der Waals surface area contributed by atoms with Crippen LogP contribution in [0.2, 0.25) is 5.02 Å². The van der Waals surface area contributed by atoms with Gasteiger partial charge in [-0.3, -0.25) is 13.9 Å². The number of nitrogens with one attached hydrogen (secondary N) is 1. The number of amides is 2. The van der Waals surface area contributed by atoms with Crippen LogP contribution in [0.3, 0.4) is 0 Å². The van der Waals surface area contributed by atoms with Gasteiger partial charge < -0.3 is 15.0 Å². The molecule has 0 heterocycles. The van der Waals surface area contributed by atoms with Crippen LogP contribution in [-0.2, 0) is 26.2 Å². The van der Waals surface area contributed by atoms with Gasteiger partial charge in [-0.15, -0.1) is 0 Å². The van der Waals surface area contributed by atoms with E-state index in [4.69, 9.17) is 16.3 Å². The topological polar surface area (TPSA) is 96.0 Å². The maximum atomic E-state index is 14.0. The van der Waals surface area contributed by atoms with Crippen molar-refractivity contribution in [1.82, 2.24) is 10.2 Å². The highest BCUT2D eigenvalue weighted by molar-refractivity contribution is 9.10. The van der Waals surface area contributed by atoms with Crippen LogP contribution in [0.25, 0.3) is 0 Å². The van der Waals surface area contributed by atoms with E-state index in [9.17, 15) is 18.0 Å². The van der Waals surface area contributed by atoms with Crippen LogP contribution in [0.15, 0.2) is 76.1 Å². The molecule has 0 spiro atoms. The first-order chi connectivity index (χ1) is 18.8. The number of sulfonamides is 1. The molecule has 214 valence electrons. The fourth-order valence-corrected chi connectivity index (χ4v) is 5.83. The lowest BCUT2D eigenvalue weighted by atomic mass is 10.1. The minimum atomic E-state index is -4.25. The van der Waals surface area contributed by atoms with Crippen molar-refractivity contribution in [2.75, 3.05) is 18.0 Å². The molecule has 0 unspecified atom stereocenters. The third kappa shape index (κ3) is 7.77. The summed E-state index contributed by atoms with van der Waals surface area (Å²) >= 11 is 9.67. The van der Waals surface area contributed by atoms with E-state index >= 15 is 0 Å². The monoisotopic (exact) mass is 649 g/mol. The lowest BCUT2D eigenvalue weighted by Gasteiger charge is -2.32. The summed E-state index contributed by atoms with van der Waals surface area (Å²) < 4.78 is 35.3. The molecule has 1 atom stereocenters. The second kappa shape index (κ2) is 13.5. The molecule has 0 aliphatic rings. The Morgan fingerprint density at radius 2 is 1.62 bits per heavy atom. The molecule has 40 heavy (non-hydrogen) atoms. The van der Waals surface area contributed by atoms with Crippen molar-refractivity contribution in [2.24, 2.45) is 0 Å². The van der Waals surface area contributed by atoms with Gasteiger partial charge in [-0.1, -0.05) is 57.4 Å². The zero-order valence-corrected chi connectivity index (χ0v) is 26.2. The second-order valence-electron chi connectivity index (χ2n) is 9.63. The molecule has 0 fully saturated rings. The van der Waals surface area contributed by atoms with Crippen LogP contribution in [0.4, 0.5) is 5.69 Å². The van der Waals surface area contributed by atoms with Crippen LogP contribution in [0.5, 0.6) is 5.75 Å². The summed E-state index contributed by atoms with van der Waals surface area (Å²) in [5.74, 6) is -0.710. The number of nitrogens with zero attached hydrogens (tertiary/aromatic N) is 2. The Kier molecular flexibility index (Phi) is 10.6. The average Bonchev–Trinajstić information content (AvgIpc) is 2.90. The number of halogens is 2. The van der Waals surface area contributed by atoms with Gasteiger partial charge in [0.1, 0.15) is 18.3 Å². The third-order valence-corrected chi connectivity index (χ3v) is 8.70. The number of ether oxygens (including phenoxy) is 1. The van der Waals surface area contributed by atoms with Gasteiger partial charge in [0, 0.05) is 22.1 Å². The molecule has 0 radical (unpaired) electrons. The first-order valence-corrected chi connectivity index (χ1v) is 15.2. The van der Waals surface area contributed by atoms with Crippen LogP contribution in [0, 0.1) is 6.92 Å². The quantitative estimate of drug-likeness (QED) is 0.293. The molecule has 1 N–H and O–H groups in total. The van der Waals surface area contributed by atoms with Crippen molar-refractivity contribution in [3.63, 3.8) is 0 Å². The Balaban J connectivity index is 2.10. The largest absolute Gasteiger partial charge is 0.495 e. The number of anilines is 1. The SMILES string of the molecule is COc1ccc(Cl)cc1N(CC(=O)N(Cc1ccc(Br)cc1)[C@@H](C)C(=O)NC(C)C)S(=O)(=O)c1ccc(C)cc1. The van der Waals surface area contributed by atoms with Gasteiger partial charge in [-0.2, -0.15) is 0 Å². The number of hydrogen-bond donors (Lipinski definition) is 1. The predicted molar refractivity (Wildman–Crippen MR) is 161 cm³/mol. The standard InChI is InChI=1S/C29H33BrClN3O5S/c1-19(2)32-29(36)21(4)33(17-22-8-10-23(30)11-9-22)28(35)18-34(26-16-24(31)12-15-27(26)39-5)40(37,38)25-13-6-20(3)7-14-25/h6-16,19,21H,17-18H2,1-5H3,(H,32,36)/t21-/m0/s1. The number of methoxy groups -OCH3 is 1. The van der Waals surface area contributed by atoms with Crippen LogP contribution in [0.1, 0.15) is 31.9 Å². The Morgan fingerprint density at radius 1 is 1.00 bits per heavy atom. The Bertz CT molecular complexity index is 1450. The molecule has 3 aromatic carbocycles. The molecule has 3 rings (SSSR count). The first-order valence-electron chi connectivity index (χ1n) is 12.6. The van der Waals surface area contributed by atoms with Gasteiger partial charge in [0.05, 0.1) is 17.7 Å². The summed E-state index contributed by atoms with van der Waals surface area (Å²) in [6, 6.07) is 17.2. The highest BCUT2D eigenvalue weighted by atomic mass is 79.9. The number of aryl methyl sites for hydroxylation is 1. The van der Waals surface area contributed by atoms with Crippen molar-refractivity contribution in [1.29, 1.82) is 0 Å². The zero-order valence-electron chi connectivity index (χ0n) is 23.0. The number of carbonyl (C=O) groups excluding carboxylic acids is 2. The van der Waals surface area contributed by atoms with Crippen molar-refractivity contribution in [3.05, 3.63) is 87.4 Å². The molecule has 0 aromatic heterocycles. The number of hydrogen-bond acceptors (Lipinski definition) is 5. The first kappa shape index (κ1) is 31.4. The summed E-state index contributed by atoms with van der Waals surface area (Å²) in [5.41, 5.74) is 1.76. The summed E-state index contributed by atoms with van der Waals surface area (Å²) in [5, 5.41) is 3.10. The molecule has 8 nitrogen and oxygen atoms in total. The molecule has 2 amide bonds. The molecule has 0 aliphatic carbocycles. The maximum Gasteiger partial charge on any atom is 0.264 e. The van der Waals surface area contributed by atoms with Crippen molar-refractivity contribution in [2.45, 2.75) is 51.2 Å². The zero-order chi connectivity index (χ0) is 29.6. The van der Waals surface area contributed by atoms with Gasteiger partial charge in [0.2, 0.25) is 11.8 Å². The highest BCUT2D eigenvalue weighted by Crippen LogP contribution is 2.35. The lowest BCUT2D eigenvalue weighted by molar-refractivity contribution is -0.139. The second-order valence-corrected chi connectivity index (χ2v) is 12.8. The molecule has 3 aromatic rings. The fraction of sp³-hybridized carbons (Fsp3) is 0.310. The maximum absolute atomic E-state index is 14.0. The van der Waals surface area contributed by atoms with E-state index < -0.39 is 28.5 Å². The predicted octanol–water partition coefficient (Wildman–Crippen LogP) is 5.56. The van der Waals surface area contributed by atoms with Crippen LogP contribution >= 0.6 is 27.5 Å². The molecule has 11 heteroatoms. The highest BCUT2D eigenvalue weighted by Gasteiger charge is 2.34. The van der Waals surface area contributed by atoms with Crippen molar-refractivity contribution >= 4 is 55.1 Å². The third-order valence-electron chi connectivity index (χ3n) is 6.16. The fourth-order valence-electron chi connectivity index (χ4n) is 3.98. The number of carbonyl (C=O) groups is 2. The molecular formula is C29H33BrClN3O5S. The molecule has 0 bridgehead atoms. The molecular weight excluding hydrogens is 618 g/mol. The van der Waals surface area contributed by atoms with Crippen LogP contribution < -0.4 is 14.4 Å². The van der Waals surface area contributed by atoms with Gasteiger partial charge in [0.25, 0.3) is 10.0 Å². The molecule has 0 aliphatic heterocycles. The smallest absolute Gasteiger partial charge is 0.264 e. The molecule has 0 saturated heterocycles.